The van der Waals surface area contributed by atoms with Crippen LogP contribution in [0.3, 0.4) is 0 Å². The summed E-state index contributed by atoms with van der Waals surface area (Å²) in [6.07, 6.45) is -4.27. The van der Waals surface area contributed by atoms with E-state index in [1.54, 1.807) is 0 Å². The second kappa shape index (κ2) is 6.17. The van der Waals surface area contributed by atoms with Crippen LogP contribution in [0.15, 0.2) is 46.7 Å². The Morgan fingerprint density at radius 3 is 2.43 bits per heavy atom. The van der Waals surface area contributed by atoms with Gasteiger partial charge in [0.1, 0.15) is 0 Å². The molecule has 8 heteroatoms. The van der Waals surface area contributed by atoms with Crippen LogP contribution in [0.25, 0.3) is 0 Å². The Morgan fingerprint density at radius 1 is 1.10 bits per heavy atom. The lowest BCUT2D eigenvalue weighted by molar-refractivity contribution is -0.139. The van der Waals surface area contributed by atoms with Crippen LogP contribution in [0.4, 0.5) is 13.2 Å². The molecule has 1 aromatic heterocycles. The van der Waals surface area contributed by atoms with E-state index in [9.17, 15) is 21.6 Å². The molecule has 0 aliphatic carbocycles. The molecule has 0 unspecified atom stereocenters. The van der Waals surface area contributed by atoms with Gasteiger partial charge in [0.15, 0.2) is 0 Å². The molecule has 1 heterocycles. The number of alkyl halides is 3. The van der Waals surface area contributed by atoms with Gasteiger partial charge in [-0.1, -0.05) is 18.2 Å². The Kier molecular flexibility index (Phi) is 4.70. The molecular formula is C13H12F3NO2S2. The van der Waals surface area contributed by atoms with Crippen LogP contribution in [0.1, 0.15) is 10.4 Å². The number of nitrogens with one attached hydrogen (secondary N) is 1. The quantitative estimate of drug-likeness (QED) is 0.911. The Balaban J connectivity index is 2.16. The summed E-state index contributed by atoms with van der Waals surface area (Å²) in [6, 6.07) is 7.80. The molecule has 0 amide bonds. The zero-order valence-corrected chi connectivity index (χ0v) is 12.4. The molecule has 0 bridgehead atoms. The van der Waals surface area contributed by atoms with Gasteiger partial charge < -0.3 is 0 Å². The maximum Gasteiger partial charge on any atom is 0.417 e. The normalized spacial score (nSPS) is 12.5. The van der Waals surface area contributed by atoms with E-state index in [1.807, 2.05) is 17.5 Å². The third-order valence-electron chi connectivity index (χ3n) is 2.73. The van der Waals surface area contributed by atoms with Crippen molar-refractivity contribution in [1.82, 2.24) is 4.72 Å². The van der Waals surface area contributed by atoms with E-state index in [4.69, 9.17) is 0 Å². The summed E-state index contributed by atoms with van der Waals surface area (Å²) in [5.74, 6) is 0. The monoisotopic (exact) mass is 335 g/mol. The smallest absolute Gasteiger partial charge is 0.211 e. The SMILES string of the molecule is O=S(=O)(NCCc1cccs1)c1ccccc1C(F)(F)F. The number of benzene rings is 1. The van der Waals surface area contributed by atoms with Crippen LogP contribution < -0.4 is 4.72 Å². The molecule has 0 atom stereocenters. The van der Waals surface area contributed by atoms with Crippen LogP contribution in [-0.2, 0) is 22.6 Å². The molecule has 1 N–H and O–H groups in total. The summed E-state index contributed by atoms with van der Waals surface area (Å²) in [4.78, 5) is 0.213. The Hall–Kier alpha value is -1.38. The van der Waals surface area contributed by atoms with Gasteiger partial charge in [0.05, 0.1) is 10.5 Å². The molecule has 0 fully saturated rings. The van der Waals surface area contributed by atoms with Crippen LogP contribution in [-0.4, -0.2) is 15.0 Å². The fourth-order valence-corrected chi connectivity index (χ4v) is 3.74. The van der Waals surface area contributed by atoms with Crippen LogP contribution in [0, 0.1) is 0 Å². The number of thiophene rings is 1. The van der Waals surface area contributed by atoms with Gasteiger partial charge in [0.25, 0.3) is 0 Å². The summed E-state index contributed by atoms with van der Waals surface area (Å²) in [7, 11) is -4.19. The van der Waals surface area contributed by atoms with Gasteiger partial charge in [-0.05, 0) is 30.0 Å². The van der Waals surface area contributed by atoms with Crippen LogP contribution in [0.5, 0.6) is 0 Å². The molecule has 2 rings (SSSR count). The molecule has 21 heavy (non-hydrogen) atoms. The summed E-state index contributed by atoms with van der Waals surface area (Å²) in [5.41, 5.74) is -1.16. The lowest BCUT2D eigenvalue weighted by atomic mass is 10.2. The van der Waals surface area contributed by atoms with Crippen molar-refractivity contribution < 1.29 is 21.6 Å². The van der Waals surface area contributed by atoms with Gasteiger partial charge in [-0.15, -0.1) is 11.3 Å². The highest BCUT2D eigenvalue weighted by molar-refractivity contribution is 7.89. The van der Waals surface area contributed by atoms with Crippen molar-refractivity contribution in [3.05, 3.63) is 52.2 Å². The number of hydrogen-bond donors (Lipinski definition) is 1. The second-order valence-corrected chi connectivity index (χ2v) is 6.99. The summed E-state index contributed by atoms with van der Waals surface area (Å²) < 4.78 is 64.7. The van der Waals surface area contributed by atoms with E-state index < -0.39 is 26.7 Å². The fourth-order valence-electron chi connectivity index (χ4n) is 1.78. The van der Waals surface area contributed by atoms with E-state index in [1.165, 1.54) is 17.4 Å². The average Bonchev–Trinajstić information content (AvgIpc) is 2.91. The van der Waals surface area contributed by atoms with E-state index >= 15 is 0 Å². The minimum atomic E-state index is -4.71. The van der Waals surface area contributed by atoms with Gasteiger partial charge in [-0.3, -0.25) is 0 Å². The van der Waals surface area contributed by atoms with Gasteiger partial charge in [0, 0.05) is 11.4 Å². The third kappa shape index (κ3) is 4.05. The molecule has 0 spiro atoms. The minimum absolute atomic E-state index is 0.0506. The zero-order valence-electron chi connectivity index (χ0n) is 10.7. The van der Waals surface area contributed by atoms with E-state index in [-0.39, 0.29) is 6.54 Å². The van der Waals surface area contributed by atoms with Crippen LogP contribution in [0.2, 0.25) is 0 Å². The molecule has 1 aromatic carbocycles. The van der Waals surface area contributed by atoms with Crippen molar-refractivity contribution in [3.8, 4) is 0 Å². The number of halogens is 3. The lowest BCUT2D eigenvalue weighted by Gasteiger charge is -2.13. The second-order valence-electron chi connectivity index (χ2n) is 4.22. The first-order valence-electron chi connectivity index (χ1n) is 5.99. The van der Waals surface area contributed by atoms with E-state index in [2.05, 4.69) is 4.72 Å². The molecule has 0 radical (unpaired) electrons. The van der Waals surface area contributed by atoms with Crippen molar-refractivity contribution >= 4 is 21.4 Å². The number of rotatable bonds is 5. The first-order chi connectivity index (χ1) is 9.81. The molecule has 2 aromatic rings. The maximum absolute atomic E-state index is 12.8. The van der Waals surface area contributed by atoms with Crippen LogP contribution >= 0.6 is 11.3 Å². The Bertz CT molecular complexity index is 694. The van der Waals surface area contributed by atoms with Crippen molar-refractivity contribution in [3.63, 3.8) is 0 Å². The standard InChI is InChI=1S/C13H12F3NO2S2/c14-13(15,16)11-5-1-2-6-12(11)21(18,19)17-8-7-10-4-3-9-20-10/h1-6,9,17H,7-8H2. The van der Waals surface area contributed by atoms with Gasteiger partial charge in [0.2, 0.25) is 10.0 Å². The average molecular weight is 335 g/mol. The molecular weight excluding hydrogens is 323 g/mol. The molecule has 114 valence electrons. The summed E-state index contributed by atoms with van der Waals surface area (Å²) in [6.45, 7) is 0.0506. The molecule has 0 saturated carbocycles. The third-order valence-corrected chi connectivity index (χ3v) is 5.18. The highest BCUT2D eigenvalue weighted by atomic mass is 32.2. The summed E-state index contributed by atoms with van der Waals surface area (Å²) in [5, 5.41) is 1.85. The van der Waals surface area contributed by atoms with Gasteiger partial charge in [-0.25, -0.2) is 13.1 Å². The molecule has 0 saturated heterocycles. The maximum atomic E-state index is 12.8. The summed E-state index contributed by atoms with van der Waals surface area (Å²) >= 11 is 1.46. The van der Waals surface area contributed by atoms with Gasteiger partial charge in [-0.2, -0.15) is 13.2 Å². The van der Waals surface area contributed by atoms with Gasteiger partial charge >= 0.3 is 6.18 Å². The van der Waals surface area contributed by atoms with Crippen molar-refractivity contribution in [1.29, 1.82) is 0 Å². The minimum Gasteiger partial charge on any atom is -0.211 e. The topological polar surface area (TPSA) is 46.2 Å². The predicted octanol–water partition coefficient (Wildman–Crippen LogP) is 3.29. The number of hydrogen-bond acceptors (Lipinski definition) is 3. The van der Waals surface area contributed by atoms with Crippen molar-refractivity contribution in [2.75, 3.05) is 6.54 Å². The first kappa shape index (κ1) is 16.0. The van der Waals surface area contributed by atoms with E-state index in [0.717, 1.165) is 23.1 Å². The molecule has 3 nitrogen and oxygen atoms in total. The molecule has 0 aliphatic heterocycles. The first-order valence-corrected chi connectivity index (χ1v) is 8.35. The van der Waals surface area contributed by atoms with Crippen molar-refractivity contribution in [2.24, 2.45) is 0 Å². The number of sulfonamides is 1. The molecule has 0 aliphatic rings. The fraction of sp³-hybridized carbons (Fsp3) is 0.231. The van der Waals surface area contributed by atoms with E-state index in [0.29, 0.717) is 6.42 Å². The largest absolute Gasteiger partial charge is 0.417 e. The Morgan fingerprint density at radius 2 is 1.81 bits per heavy atom. The van der Waals surface area contributed by atoms with Crippen molar-refractivity contribution in [2.45, 2.75) is 17.5 Å². The predicted molar refractivity (Wildman–Crippen MR) is 74.7 cm³/mol. The lowest BCUT2D eigenvalue weighted by Crippen LogP contribution is -2.28. The highest BCUT2D eigenvalue weighted by Crippen LogP contribution is 2.33. The highest BCUT2D eigenvalue weighted by Gasteiger charge is 2.36. The zero-order chi connectivity index (χ0) is 15.5. The Labute approximate surface area is 124 Å².